The van der Waals surface area contributed by atoms with Crippen LogP contribution < -0.4 is 4.74 Å². The van der Waals surface area contributed by atoms with E-state index in [1.54, 1.807) is 18.2 Å². The Morgan fingerprint density at radius 1 is 1.14 bits per heavy atom. The average molecular weight is 365 g/mol. The molecule has 1 N–H and O–H groups in total. The summed E-state index contributed by atoms with van der Waals surface area (Å²) in [6.07, 6.45) is 0. The Morgan fingerprint density at radius 3 is 2.71 bits per heavy atom. The number of hydrogen-bond acceptors (Lipinski definition) is 3. The van der Waals surface area contributed by atoms with Crippen molar-refractivity contribution in [3.05, 3.63) is 63.7 Å². The molecular formula is C16H11BrClNO2. The summed E-state index contributed by atoms with van der Waals surface area (Å²) in [6.45, 7) is -0.136. The summed E-state index contributed by atoms with van der Waals surface area (Å²) in [5.74, 6) is 1.08. The maximum Gasteiger partial charge on any atom is 0.227 e. The monoisotopic (exact) mass is 363 g/mol. The first-order chi connectivity index (χ1) is 10.2. The van der Waals surface area contributed by atoms with Crippen molar-refractivity contribution in [1.82, 2.24) is 4.98 Å². The number of aromatic nitrogens is 1. The van der Waals surface area contributed by atoms with Crippen LogP contribution in [0.4, 0.5) is 0 Å². The number of ether oxygens (including phenoxy) is 1. The van der Waals surface area contributed by atoms with Gasteiger partial charge in [-0.15, -0.1) is 0 Å². The maximum atomic E-state index is 9.33. The Morgan fingerprint density at radius 2 is 1.95 bits per heavy atom. The fourth-order valence-corrected chi connectivity index (χ4v) is 2.80. The third-order valence-corrected chi connectivity index (χ3v) is 3.88. The van der Waals surface area contributed by atoms with Crippen LogP contribution in [0.15, 0.2) is 53.0 Å². The molecular weight excluding hydrogens is 354 g/mol. The van der Waals surface area contributed by atoms with Crippen LogP contribution in [0.2, 0.25) is 5.02 Å². The largest absolute Gasteiger partial charge is 0.437 e. The highest BCUT2D eigenvalue weighted by molar-refractivity contribution is 9.10. The van der Waals surface area contributed by atoms with Gasteiger partial charge in [0.15, 0.2) is 0 Å². The number of benzene rings is 2. The van der Waals surface area contributed by atoms with E-state index in [1.165, 1.54) is 0 Å². The number of aliphatic hydroxyl groups excluding tert-OH is 1. The van der Waals surface area contributed by atoms with Gasteiger partial charge in [0, 0.05) is 10.4 Å². The van der Waals surface area contributed by atoms with Crippen molar-refractivity contribution in [1.29, 1.82) is 0 Å². The van der Waals surface area contributed by atoms with Gasteiger partial charge >= 0.3 is 0 Å². The fraction of sp³-hybridized carbons (Fsp3) is 0.0625. The van der Waals surface area contributed by atoms with E-state index in [-0.39, 0.29) is 6.61 Å². The number of hydrogen-bond donors (Lipinski definition) is 1. The molecule has 0 radical (unpaired) electrons. The van der Waals surface area contributed by atoms with Crippen LogP contribution in [0.3, 0.4) is 0 Å². The second-order valence-corrected chi connectivity index (χ2v) is 5.77. The average Bonchev–Trinajstić information content (AvgIpc) is 2.49. The van der Waals surface area contributed by atoms with Crippen LogP contribution in [0, 0.1) is 0 Å². The number of nitrogens with zero attached hydrogens (tertiary/aromatic N) is 1. The Kier molecular flexibility index (Phi) is 4.10. The molecule has 21 heavy (non-hydrogen) atoms. The lowest BCUT2D eigenvalue weighted by atomic mass is 10.1. The first kappa shape index (κ1) is 14.3. The first-order valence-corrected chi connectivity index (χ1v) is 7.47. The molecule has 3 nitrogen and oxygen atoms in total. The second-order valence-electron chi connectivity index (χ2n) is 4.47. The lowest BCUT2D eigenvalue weighted by molar-refractivity contribution is 0.275. The van der Waals surface area contributed by atoms with Crippen LogP contribution >= 0.6 is 27.5 Å². The number of aliphatic hydroxyl groups is 1. The molecule has 0 aliphatic rings. The van der Waals surface area contributed by atoms with Crippen LogP contribution in [-0.4, -0.2) is 10.1 Å². The standard InChI is InChI=1S/C16H11BrClNO2/c17-14-8-11(18)5-6-15(14)21-16-13-4-2-1-3-10(13)7-12(9-20)19-16/h1-8,20H,9H2. The highest BCUT2D eigenvalue weighted by Gasteiger charge is 2.10. The van der Waals surface area contributed by atoms with Crippen LogP contribution in [-0.2, 0) is 6.61 Å². The van der Waals surface area contributed by atoms with Crippen LogP contribution in [0.5, 0.6) is 11.6 Å². The minimum Gasteiger partial charge on any atom is -0.437 e. The summed E-state index contributed by atoms with van der Waals surface area (Å²) in [7, 11) is 0. The van der Waals surface area contributed by atoms with Crippen LogP contribution in [0.25, 0.3) is 10.8 Å². The zero-order chi connectivity index (χ0) is 14.8. The van der Waals surface area contributed by atoms with Gasteiger partial charge in [0.25, 0.3) is 0 Å². The first-order valence-electron chi connectivity index (χ1n) is 6.30. The summed E-state index contributed by atoms with van der Waals surface area (Å²) >= 11 is 9.35. The van der Waals surface area contributed by atoms with Crippen molar-refractivity contribution in [2.75, 3.05) is 0 Å². The predicted molar refractivity (Wildman–Crippen MR) is 86.9 cm³/mol. The molecule has 0 saturated heterocycles. The molecule has 0 fully saturated rings. The zero-order valence-electron chi connectivity index (χ0n) is 10.9. The van der Waals surface area contributed by atoms with Crippen molar-refractivity contribution in [3.8, 4) is 11.6 Å². The molecule has 0 saturated carbocycles. The van der Waals surface area contributed by atoms with Gasteiger partial charge in [-0.2, -0.15) is 0 Å². The molecule has 1 heterocycles. The molecule has 0 amide bonds. The van der Waals surface area contributed by atoms with Gasteiger partial charge in [-0.05, 0) is 51.6 Å². The molecule has 106 valence electrons. The Labute approximate surface area is 135 Å². The van der Waals surface area contributed by atoms with E-state index < -0.39 is 0 Å². The molecule has 0 bridgehead atoms. The van der Waals surface area contributed by atoms with E-state index in [0.717, 1.165) is 15.2 Å². The van der Waals surface area contributed by atoms with E-state index >= 15 is 0 Å². The molecule has 1 aromatic heterocycles. The van der Waals surface area contributed by atoms with Gasteiger partial charge in [0.05, 0.1) is 16.8 Å². The molecule has 3 aromatic rings. The second kappa shape index (κ2) is 6.02. The topological polar surface area (TPSA) is 42.4 Å². The minimum atomic E-state index is -0.136. The SMILES string of the molecule is OCc1cc2ccccc2c(Oc2ccc(Cl)cc2Br)n1. The van der Waals surface area contributed by atoms with E-state index in [1.807, 2.05) is 30.3 Å². The predicted octanol–water partition coefficient (Wildman–Crippen LogP) is 4.94. The summed E-state index contributed by atoms with van der Waals surface area (Å²) < 4.78 is 6.64. The third kappa shape index (κ3) is 3.02. The van der Waals surface area contributed by atoms with Crippen molar-refractivity contribution in [3.63, 3.8) is 0 Å². The van der Waals surface area contributed by atoms with Crippen molar-refractivity contribution in [2.45, 2.75) is 6.61 Å². The third-order valence-electron chi connectivity index (χ3n) is 3.02. The molecule has 2 aromatic carbocycles. The van der Waals surface area contributed by atoms with Gasteiger partial charge in [0.1, 0.15) is 5.75 Å². The Balaban J connectivity index is 2.10. The number of fused-ring (bicyclic) bond motifs is 1. The van der Waals surface area contributed by atoms with E-state index in [2.05, 4.69) is 20.9 Å². The normalized spacial score (nSPS) is 10.8. The van der Waals surface area contributed by atoms with Gasteiger partial charge in [-0.3, -0.25) is 0 Å². The van der Waals surface area contributed by atoms with Gasteiger partial charge in [0.2, 0.25) is 5.88 Å². The molecule has 0 atom stereocenters. The lowest BCUT2D eigenvalue weighted by Gasteiger charge is -2.11. The Bertz CT molecular complexity index is 807. The highest BCUT2D eigenvalue weighted by Crippen LogP contribution is 2.34. The highest BCUT2D eigenvalue weighted by atomic mass is 79.9. The van der Waals surface area contributed by atoms with E-state index in [9.17, 15) is 5.11 Å². The van der Waals surface area contributed by atoms with Gasteiger partial charge in [-0.1, -0.05) is 29.8 Å². The maximum absolute atomic E-state index is 9.33. The van der Waals surface area contributed by atoms with E-state index in [0.29, 0.717) is 22.3 Å². The quantitative estimate of drug-likeness (QED) is 0.716. The molecule has 0 aliphatic carbocycles. The minimum absolute atomic E-state index is 0.136. The lowest BCUT2D eigenvalue weighted by Crippen LogP contribution is -1.95. The summed E-state index contributed by atoms with van der Waals surface area (Å²) in [5, 5.41) is 11.8. The fourth-order valence-electron chi connectivity index (χ4n) is 2.04. The van der Waals surface area contributed by atoms with E-state index in [4.69, 9.17) is 16.3 Å². The smallest absolute Gasteiger partial charge is 0.227 e. The van der Waals surface area contributed by atoms with Crippen molar-refractivity contribution < 1.29 is 9.84 Å². The summed E-state index contributed by atoms with van der Waals surface area (Å²) in [6, 6.07) is 14.9. The molecule has 5 heteroatoms. The molecule has 0 aliphatic heterocycles. The molecule has 3 rings (SSSR count). The number of pyridine rings is 1. The van der Waals surface area contributed by atoms with Gasteiger partial charge in [-0.25, -0.2) is 4.98 Å². The Hall–Kier alpha value is -1.62. The number of halogens is 2. The summed E-state index contributed by atoms with van der Waals surface area (Å²) in [4.78, 5) is 4.35. The number of rotatable bonds is 3. The van der Waals surface area contributed by atoms with Crippen molar-refractivity contribution in [2.24, 2.45) is 0 Å². The van der Waals surface area contributed by atoms with Crippen molar-refractivity contribution >= 4 is 38.3 Å². The van der Waals surface area contributed by atoms with Crippen LogP contribution in [0.1, 0.15) is 5.69 Å². The molecule has 0 spiro atoms. The van der Waals surface area contributed by atoms with Gasteiger partial charge < -0.3 is 9.84 Å². The summed E-state index contributed by atoms with van der Waals surface area (Å²) in [5.41, 5.74) is 0.564. The molecule has 0 unspecified atom stereocenters. The zero-order valence-corrected chi connectivity index (χ0v) is 13.2.